The van der Waals surface area contributed by atoms with E-state index in [1.54, 1.807) is 12.6 Å². The summed E-state index contributed by atoms with van der Waals surface area (Å²) in [6.07, 6.45) is 0.298. The van der Waals surface area contributed by atoms with Crippen LogP contribution in [0.3, 0.4) is 0 Å². The molecule has 2 heterocycles. The summed E-state index contributed by atoms with van der Waals surface area (Å²) in [5.41, 5.74) is 5.92. The van der Waals surface area contributed by atoms with Crippen LogP contribution in [-0.2, 0) is 11.2 Å². The standard InChI is InChI=1S/C19H16N4O2S/c1-25-14-5-2-12(3-6-14)8-18(24)21-13-4-7-15-16(9-13)23-19(22-15)17-10-26-11-20-17/h2-7,9-11,22H,8H2,1H3,(H,21,24)/q+1. The zero-order valence-electron chi connectivity index (χ0n) is 14.0. The monoisotopic (exact) mass is 364 g/mol. The van der Waals surface area contributed by atoms with Crippen LogP contribution < -0.4 is 20.4 Å². The molecule has 129 valence electrons. The summed E-state index contributed by atoms with van der Waals surface area (Å²) in [6, 6.07) is 13.1. The molecule has 1 aromatic heterocycles. The van der Waals surface area contributed by atoms with Crippen LogP contribution in [0.15, 0.2) is 53.4 Å². The first-order chi connectivity index (χ1) is 12.7. The Hall–Kier alpha value is -3.19. The number of amides is 1. The van der Waals surface area contributed by atoms with Gasteiger partial charge in [-0.1, -0.05) is 12.1 Å². The SMILES string of the molecule is COc1ccc(CC(=O)Nc2ccc3c(c2)[N+]=C(c2cscn2)N3)cc1. The molecule has 0 spiro atoms. The molecule has 2 aromatic carbocycles. The Morgan fingerprint density at radius 2 is 2.12 bits per heavy atom. The minimum atomic E-state index is -0.0789. The lowest BCUT2D eigenvalue weighted by atomic mass is 10.1. The van der Waals surface area contributed by atoms with Crippen molar-refractivity contribution in [2.24, 2.45) is 0 Å². The fraction of sp³-hybridized carbons (Fsp3) is 0.105. The molecule has 2 N–H and O–H groups in total. The number of thiazole rings is 1. The Kier molecular flexibility index (Phi) is 4.37. The number of nitrogens with zero attached hydrogens (tertiary/aromatic N) is 2. The quantitative estimate of drug-likeness (QED) is 0.729. The second kappa shape index (κ2) is 6.97. The number of nitrogens with one attached hydrogen (secondary N) is 2. The van der Waals surface area contributed by atoms with Crippen LogP contribution in [0.25, 0.3) is 0 Å². The Bertz CT molecular complexity index is 966. The van der Waals surface area contributed by atoms with E-state index in [0.29, 0.717) is 12.1 Å². The number of hydrogen-bond donors (Lipinski definition) is 2. The van der Waals surface area contributed by atoms with Gasteiger partial charge in [-0.25, -0.2) is 10.3 Å². The third-order valence-corrected chi connectivity index (χ3v) is 4.55. The third kappa shape index (κ3) is 3.43. The van der Waals surface area contributed by atoms with E-state index in [4.69, 9.17) is 4.74 Å². The van der Waals surface area contributed by atoms with Crippen molar-refractivity contribution in [1.82, 2.24) is 9.98 Å². The molecular formula is C19H16N4O2S+. The smallest absolute Gasteiger partial charge is 0.348 e. The normalized spacial score (nSPS) is 12.1. The zero-order chi connectivity index (χ0) is 17.9. The van der Waals surface area contributed by atoms with Gasteiger partial charge in [-0.15, -0.1) is 11.3 Å². The third-order valence-electron chi connectivity index (χ3n) is 3.97. The lowest BCUT2D eigenvalue weighted by Gasteiger charge is -2.06. The highest BCUT2D eigenvalue weighted by atomic mass is 32.1. The molecule has 26 heavy (non-hydrogen) atoms. The number of rotatable bonds is 5. The molecule has 7 heteroatoms. The highest BCUT2D eigenvalue weighted by Gasteiger charge is 2.27. The van der Waals surface area contributed by atoms with E-state index in [9.17, 15) is 4.79 Å². The number of methoxy groups -OCH3 is 1. The van der Waals surface area contributed by atoms with E-state index in [2.05, 4.69) is 20.6 Å². The molecule has 1 aliphatic rings. The fourth-order valence-electron chi connectivity index (χ4n) is 2.67. The zero-order valence-corrected chi connectivity index (χ0v) is 14.8. The molecule has 0 aliphatic carbocycles. The van der Waals surface area contributed by atoms with Crippen molar-refractivity contribution in [3.05, 3.63) is 64.6 Å². The van der Waals surface area contributed by atoms with Gasteiger partial charge in [-0.05, 0) is 34.8 Å². The van der Waals surface area contributed by atoms with Crippen molar-refractivity contribution in [2.45, 2.75) is 6.42 Å². The Morgan fingerprint density at radius 3 is 2.85 bits per heavy atom. The lowest BCUT2D eigenvalue weighted by Crippen LogP contribution is -2.14. The van der Waals surface area contributed by atoms with Crippen molar-refractivity contribution in [3.63, 3.8) is 0 Å². The van der Waals surface area contributed by atoms with Crippen molar-refractivity contribution >= 4 is 40.1 Å². The minimum absolute atomic E-state index is 0.0789. The van der Waals surface area contributed by atoms with Crippen LogP contribution in [0.4, 0.5) is 17.1 Å². The molecule has 0 saturated carbocycles. The van der Waals surface area contributed by atoms with Gasteiger partial charge in [0.25, 0.3) is 0 Å². The summed E-state index contributed by atoms with van der Waals surface area (Å²) in [6.45, 7) is 0. The van der Waals surface area contributed by atoms with Crippen LogP contribution in [0.2, 0.25) is 0 Å². The molecule has 6 nitrogen and oxygen atoms in total. The summed E-state index contributed by atoms with van der Waals surface area (Å²) >= 11 is 1.52. The second-order valence-electron chi connectivity index (χ2n) is 5.76. The number of hydrogen-bond acceptors (Lipinski definition) is 6. The van der Waals surface area contributed by atoms with Gasteiger partial charge in [0.1, 0.15) is 5.75 Å². The van der Waals surface area contributed by atoms with E-state index >= 15 is 0 Å². The number of carbonyl (C=O) groups excluding carboxylic acids is 1. The second-order valence-corrected chi connectivity index (χ2v) is 6.48. The molecule has 1 amide bonds. The van der Waals surface area contributed by atoms with Crippen LogP contribution in [0, 0.1) is 0 Å². The van der Waals surface area contributed by atoms with Crippen LogP contribution >= 0.6 is 11.3 Å². The molecule has 0 fully saturated rings. The molecule has 3 aromatic rings. The first-order valence-corrected chi connectivity index (χ1v) is 8.96. The number of amidine groups is 1. The van der Waals surface area contributed by atoms with Gasteiger partial charge >= 0.3 is 5.84 Å². The number of ether oxygens (including phenoxy) is 1. The number of fused-ring (bicyclic) bond motifs is 1. The van der Waals surface area contributed by atoms with E-state index in [-0.39, 0.29) is 5.91 Å². The molecule has 0 saturated heterocycles. The molecule has 0 unspecified atom stereocenters. The lowest BCUT2D eigenvalue weighted by molar-refractivity contribution is -0.115. The number of aliphatic imine (C=N–C) groups is 1. The molecule has 4 rings (SSSR count). The van der Waals surface area contributed by atoms with Crippen molar-refractivity contribution in [2.75, 3.05) is 17.7 Å². The maximum absolute atomic E-state index is 12.3. The van der Waals surface area contributed by atoms with E-state index < -0.39 is 0 Å². The number of benzene rings is 2. The average Bonchev–Trinajstić information content (AvgIpc) is 3.31. The first kappa shape index (κ1) is 16.3. The highest BCUT2D eigenvalue weighted by molar-refractivity contribution is 7.07. The van der Waals surface area contributed by atoms with E-state index in [1.807, 2.05) is 47.8 Å². The Labute approximate surface area is 154 Å². The van der Waals surface area contributed by atoms with Gasteiger partial charge in [0, 0.05) is 17.1 Å². The van der Waals surface area contributed by atoms with Crippen molar-refractivity contribution in [3.8, 4) is 5.75 Å². The van der Waals surface area contributed by atoms with Gasteiger partial charge in [-0.2, -0.15) is 0 Å². The summed E-state index contributed by atoms with van der Waals surface area (Å²) in [7, 11) is 1.62. The largest absolute Gasteiger partial charge is 0.497 e. The van der Waals surface area contributed by atoms with Gasteiger partial charge in [0.15, 0.2) is 11.4 Å². The first-order valence-electron chi connectivity index (χ1n) is 8.02. The number of aromatic nitrogens is 1. The molecule has 1 radical (unpaired) electrons. The molecule has 0 atom stereocenters. The number of anilines is 2. The van der Waals surface area contributed by atoms with Crippen LogP contribution in [-0.4, -0.2) is 23.8 Å². The maximum Gasteiger partial charge on any atom is 0.348 e. The summed E-state index contributed by atoms with van der Waals surface area (Å²) in [5.74, 6) is 1.42. The van der Waals surface area contributed by atoms with Crippen LogP contribution in [0.1, 0.15) is 11.3 Å². The topological polar surface area (TPSA) is 77.3 Å². The van der Waals surface area contributed by atoms with Gasteiger partial charge in [0.05, 0.1) is 19.0 Å². The fourth-order valence-corrected chi connectivity index (χ4v) is 3.20. The van der Waals surface area contributed by atoms with E-state index in [1.165, 1.54) is 11.3 Å². The molecular weight excluding hydrogens is 348 g/mol. The van der Waals surface area contributed by atoms with Crippen LogP contribution in [0.5, 0.6) is 5.75 Å². The molecule has 1 aliphatic heterocycles. The minimum Gasteiger partial charge on any atom is -0.497 e. The van der Waals surface area contributed by atoms with Gasteiger partial charge in [0.2, 0.25) is 11.6 Å². The van der Waals surface area contributed by atoms with E-state index in [0.717, 1.165) is 34.2 Å². The highest BCUT2D eigenvalue weighted by Crippen LogP contribution is 2.29. The Morgan fingerprint density at radius 1 is 1.27 bits per heavy atom. The predicted octanol–water partition coefficient (Wildman–Crippen LogP) is 3.17. The van der Waals surface area contributed by atoms with Crippen molar-refractivity contribution in [1.29, 1.82) is 0 Å². The van der Waals surface area contributed by atoms with Gasteiger partial charge in [-0.3, -0.25) is 4.79 Å². The number of carbonyl (C=O) groups is 1. The predicted molar refractivity (Wildman–Crippen MR) is 103 cm³/mol. The Balaban J connectivity index is 1.44. The summed E-state index contributed by atoms with van der Waals surface area (Å²) in [4.78, 5) is 21.1. The summed E-state index contributed by atoms with van der Waals surface area (Å²) < 4.78 is 5.13. The van der Waals surface area contributed by atoms with Gasteiger partial charge < -0.3 is 10.1 Å². The molecule has 0 bridgehead atoms. The van der Waals surface area contributed by atoms with Crippen molar-refractivity contribution < 1.29 is 9.53 Å². The maximum atomic E-state index is 12.3. The summed E-state index contributed by atoms with van der Waals surface area (Å²) in [5, 5.41) is 8.09. The average molecular weight is 364 g/mol.